The lowest BCUT2D eigenvalue weighted by Gasteiger charge is -2.19. The lowest BCUT2D eigenvalue weighted by molar-refractivity contribution is 0.0945. The number of fused-ring (bicyclic) bond motifs is 1. The molecule has 4 rings (SSSR count). The van der Waals surface area contributed by atoms with Gasteiger partial charge in [0.15, 0.2) is 11.5 Å². The highest BCUT2D eigenvalue weighted by atomic mass is 32.2. The van der Waals surface area contributed by atoms with Crippen LogP contribution in [0.4, 0.5) is 0 Å². The Balaban J connectivity index is 1.47. The molecule has 2 aromatic carbocycles. The SMILES string of the molecule is O=C(NNS(=O)(=O)c1ccc2c(c1)OCCO2)c1cccc(S(=O)(=O)N2CCCC2)c1. The fourth-order valence-electron chi connectivity index (χ4n) is 3.31. The molecular formula is C19H21N3O7S2. The predicted octanol–water partition coefficient (Wildman–Crippen LogP) is 0.866. The summed E-state index contributed by atoms with van der Waals surface area (Å²) in [4.78, 5) is 14.3. The van der Waals surface area contributed by atoms with Crippen molar-refractivity contribution < 1.29 is 31.1 Å². The zero-order valence-corrected chi connectivity index (χ0v) is 18.0. The van der Waals surface area contributed by atoms with Crippen LogP contribution in [0.2, 0.25) is 0 Å². The van der Waals surface area contributed by atoms with E-state index in [1.165, 1.54) is 46.8 Å². The summed E-state index contributed by atoms with van der Waals surface area (Å²) >= 11 is 0. The maximum absolute atomic E-state index is 12.7. The largest absolute Gasteiger partial charge is 0.486 e. The summed E-state index contributed by atoms with van der Waals surface area (Å²) in [5.41, 5.74) is 2.11. The minimum absolute atomic E-state index is 0.00477. The van der Waals surface area contributed by atoms with Gasteiger partial charge in [0.05, 0.1) is 9.79 Å². The summed E-state index contributed by atoms with van der Waals surface area (Å²) in [6, 6.07) is 9.56. The van der Waals surface area contributed by atoms with Gasteiger partial charge in [0.1, 0.15) is 13.2 Å². The highest BCUT2D eigenvalue weighted by molar-refractivity contribution is 7.89. The zero-order valence-electron chi connectivity index (χ0n) is 16.4. The van der Waals surface area contributed by atoms with E-state index in [2.05, 4.69) is 5.43 Å². The Bertz CT molecular complexity index is 1210. The van der Waals surface area contributed by atoms with E-state index in [4.69, 9.17) is 9.47 Å². The number of sulfonamides is 2. The molecule has 1 fully saturated rings. The maximum Gasteiger partial charge on any atom is 0.266 e. The monoisotopic (exact) mass is 467 g/mol. The summed E-state index contributed by atoms with van der Waals surface area (Å²) in [7, 11) is -7.79. The molecule has 0 bridgehead atoms. The zero-order chi connectivity index (χ0) is 22.1. The standard InChI is InChI=1S/C19H21N3O7S2/c23-19(14-4-3-5-16(12-14)31(26,27)22-8-1-2-9-22)20-21-30(24,25)15-6-7-17-18(13-15)29-11-10-28-17/h3-7,12-13,21H,1-2,8-11H2,(H,20,23). The van der Waals surface area contributed by atoms with Gasteiger partial charge in [0.25, 0.3) is 15.9 Å². The Hall–Kier alpha value is -2.67. The lowest BCUT2D eigenvalue weighted by Crippen LogP contribution is -2.41. The third kappa shape index (κ3) is 4.51. The number of hydrogen-bond donors (Lipinski definition) is 2. The van der Waals surface area contributed by atoms with E-state index in [-0.39, 0.29) is 15.4 Å². The Kier molecular flexibility index (Phi) is 5.88. The molecule has 2 N–H and O–H groups in total. The molecule has 31 heavy (non-hydrogen) atoms. The number of hydrogen-bond acceptors (Lipinski definition) is 7. The van der Waals surface area contributed by atoms with Gasteiger partial charge in [-0.3, -0.25) is 10.2 Å². The fraction of sp³-hybridized carbons (Fsp3) is 0.316. The molecule has 1 saturated heterocycles. The molecule has 1 amide bonds. The second-order valence-electron chi connectivity index (χ2n) is 7.00. The van der Waals surface area contributed by atoms with Gasteiger partial charge in [-0.1, -0.05) is 6.07 Å². The first-order valence-corrected chi connectivity index (χ1v) is 12.5. The maximum atomic E-state index is 12.7. The molecule has 166 valence electrons. The van der Waals surface area contributed by atoms with Gasteiger partial charge in [-0.2, -0.15) is 4.31 Å². The molecule has 0 atom stereocenters. The van der Waals surface area contributed by atoms with E-state index in [1.807, 2.05) is 4.83 Å². The highest BCUT2D eigenvalue weighted by Crippen LogP contribution is 2.32. The van der Waals surface area contributed by atoms with Crippen LogP contribution >= 0.6 is 0 Å². The van der Waals surface area contributed by atoms with Crippen molar-refractivity contribution in [3.63, 3.8) is 0 Å². The molecule has 0 radical (unpaired) electrons. The van der Waals surface area contributed by atoms with E-state index >= 15 is 0 Å². The van der Waals surface area contributed by atoms with Crippen molar-refractivity contribution in [1.29, 1.82) is 0 Å². The summed E-state index contributed by atoms with van der Waals surface area (Å²) < 4.78 is 62.5. The van der Waals surface area contributed by atoms with Crippen molar-refractivity contribution in [1.82, 2.24) is 14.6 Å². The van der Waals surface area contributed by atoms with Crippen molar-refractivity contribution in [3.05, 3.63) is 48.0 Å². The second kappa shape index (κ2) is 8.46. The second-order valence-corrected chi connectivity index (χ2v) is 10.6. The fourth-order valence-corrected chi connectivity index (χ4v) is 5.73. The smallest absolute Gasteiger partial charge is 0.266 e. The van der Waals surface area contributed by atoms with E-state index < -0.39 is 26.0 Å². The van der Waals surface area contributed by atoms with E-state index in [9.17, 15) is 21.6 Å². The quantitative estimate of drug-likeness (QED) is 0.603. The summed E-state index contributed by atoms with van der Waals surface area (Å²) in [5, 5.41) is 0. The van der Waals surface area contributed by atoms with Crippen molar-refractivity contribution >= 4 is 26.0 Å². The van der Waals surface area contributed by atoms with Crippen molar-refractivity contribution in [2.75, 3.05) is 26.3 Å². The van der Waals surface area contributed by atoms with Crippen LogP contribution in [-0.2, 0) is 20.0 Å². The average molecular weight is 468 g/mol. The highest BCUT2D eigenvalue weighted by Gasteiger charge is 2.28. The van der Waals surface area contributed by atoms with E-state index in [0.717, 1.165) is 12.8 Å². The lowest BCUT2D eigenvalue weighted by atomic mass is 10.2. The van der Waals surface area contributed by atoms with Crippen LogP contribution in [0.15, 0.2) is 52.3 Å². The van der Waals surface area contributed by atoms with Crippen LogP contribution in [0.3, 0.4) is 0 Å². The number of nitrogens with one attached hydrogen (secondary N) is 2. The van der Waals surface area contributed by atoms with Crippen molar-refractivity contribution in [2.45, 2.75) is 22.6 Å². The van der Waals surface area contributed by atoms with Gasteiger partial charge >= 0.3 is 0 Å². The molecule has 0 aliphatic carbocycles. The van der Waals surface area contributed by atoms with Gasteiger partial charge in [0, 0.05) is 24.7 Å². The molecule has 0 aromatic heterocycles. The first kappa shape index (κ1) is 21.6. The normalized spacial score (nSPS) is 16.8. The molecule has 2 aromatic rings. The molecule has 2 aliphatic rings. The first-order valence-electron chi connectivity index (χ1n) is 9.59. The molecular weight excluding hydrogens is 446 g/mol. The molecule has 12 heteroatoms. The minimum Gasteiger partial charge on any atom is -0.486 e. The molecule has 0 unspecified atom stereocenters. The third-order valence-electron chi connectivity index (χ3n) is 4.92. The summed E-state index contributed by atoms with van der Waals surface area (Å²) in [6.07, 6.45) is 1.59. The number of amides is 1. The van der Waals surface area contributed by atoms with Crippen LogP contribution in [0.1, 0.15) is 23.2 Å². The Morgan fingerprint density at radius 1 is 0.871 bits per heavy atom. The van der Waals surface area contributed by atoms with E-state index in [0.29, 0.717) is 37.8 Å². The van der Waals surface area contributed by atoms with Crippen LogP contribution in [0.25, 0.3) is 0 Å². The number of rotatable bonds is 6. The van der Waals surface area contributed by atoms with E-state index in [1.54, 1.807) is 0 Å². The minimum atomic E-state index is -4.09. The Labute approximate surface area is 180 Å². The van der Waals surface area contributed by atoms with Gasteiger partial charge < -0.3 is 9.47 Å². The summed E-state index contributed by atoms with van der Waals surface area (Å²) in [6.45, 7) is 1.56. The van der Waals surface area contributed by atoms with Crippen LogP contribution in [0.5, 0.6) is 11.5 Å². The third-order valence-corrected chi connectivity index (χ3v) is 8.06. The Morgan fingerprint density at radius 2 is 1.58 bits per heavy atom. The number of nitrogens with zero attached hydrogens (tertiary/aromatic N) is 1. The van der Waals surface area contributed by atoms with Crippen molar-refractivity contribution in [2.24, 2.45) is 0 Å². The summed E-state index contributed by atoms with van der Waals surface area (Å²) in [5.74, 6) is -0.0647. The van der Waals surface area contributed by atoms with Gasteiger partial charge in [-0.25, -0.2) is 16.8 Å². The average Bonchev–Trinajstić information content (AvgIpc) is 3.33. The number of carbonyl (C=O) groups excluding carboxylic acids is 1. The van der Waals surface area contributed by atoms with Gasteiger partial charge in [0.2, 0.25) is 10.0 Å². The number of benzene rings is 2. The number of carbonyl (C=O) groups is 1. The predicted molar refractivity (Wildman–Crippen MR) is 110 cm³/mol. The van der Waals surface area contributed by atoms with Crippen LogP contribution in [0, 0.1) is 0 Å². The van der Waals surface area contributed by atoms with Crippen LogP contribution in [-0.4, -0.2) is 53.4 Å². The van der Waals surface area contributed by atoms with Gasteiger partial charge in [-0.15, -0.1) is 4.83 Å². The topological polar surface area (TPSA) is 131 Å². The molecule has 0 spiro atoms. The Morgan fingerprint density at radius 3 is 2.32 bits per heavy atom. The molecule has 0 saturated carbocycles. The number of hydrazine groups is 1. The van der Waals surface area contributed by atoms with Crippen molar-refractivity contribution in [3.8, 4) is 11.5 Å². The first-order chi connectivity index (χ1) is 14.8. The van der Waals surface area contributed by atoms with Gasteiger partial charge in [-0.05, 0) is 43.2 Å². The molecule has 2 aliphatic heterocycles. The molecule has 2 heterocycles. The molecule has 10 nitrogen and oxygen atoms in total. The van der Waals surface area contributed by atoms with Crippen LogP contribution < -0.4 is 19.7 Å². The number of ether oxygens (including phenoxy) is 2.